The average molecular weight is 492 g/mol. The molecule has 0 amide bonds. The van der Waals surface area contributed by atoms with Crippen molar-refractivity contribution < 1.29 is 0 Å². The van der Waals surface area contributed by atoms with Gasteiger partial charge in [-0.3, -0.25) is 0 Å². The molecular weight excluding hydrogens is 450 g/mol. The fourth-order valence-electron chi connectivity index (χ4n) is 4.81. The second-order valence-electron chi connectivity index (χ2n) is 9.65. The minimum absolute atomic E-state index is 0.977. The highest BCUT2D eigenvalue weighted by Gasteiger charge is 2.11. The Hall–Kier alpha value is -3.72. The molecule has 4 rings (SSSR count). The molecule has 0 aliphatic heterocycles. The second-order valence-corrected chi connectivity index (χ2v) is 9.65. The van der Waals surface area contributed by atoms with E-state index in [2.05, 4.69) is 147 Å². The first kappa shape index (κ1) is 26.3. The molecule has 0 radical (unpaired) electrons. The van der Waals surface area contributed by atoms with Gasteiger partial charge in [0.15, 0.2) is 0 Å². The SMILES string of the molecule is CCN(C)c1cccc(-c2cc(-c3cccc(N(C)CC)c3)cc(-c3cccc(N(CC)CC)c3)c2)c1. The maximum Gasteiger partial charge on any atom is 0.0372 e. The number of hydrogen-bond donors (Lipinski definition) is 0. The molecule has 0 aromatic heterocycles. The van der Waals surface area contributed by atoms with Gasteiger partial charge in [-0.15, -0.1) is 0 Å². The molecular formula is C34H41N3. The largest absolute Gasteiger partial charge is 0.375 e. The van der Waals surface area contributed by atoms with Crippen molar-refractivity contribution in [1.29, 1.82) is 0 Å². The molecule has 4 aromatic rings. The quantitative estimate of drug-likeness (QED) is 0.220. The van der Waals surface area contributed by atoms with Gasteiger partial charge in [-0.2, -0.15) is 0 Å². The average Bonchev–Trinajstić information content (AvgIpc) is 2.97. The van der Waals surface area contributed by atoms with Crippen molar-refractivity contribution >= 4 is 17.1 Å². The van der Waals surface area contributed by atoms with E-state index in [-0.39, 0.29) is 0 Å². The summed E-state index contributed by atoms with van der Waals surface area (Å²) in [5.74, 6) is 0. The molecule has 0 aliphatic rings. The molecule has 4 aromatic carbocycles. The smallest absolute Gasteiger partial charge is 0.0372 e. The lowest BCUT2D eigenvalue weighted by atomic mass is 9.92. The molecule has 3 heteroatoms. The molecule has 0 atom stereocenters. The monoisotopic (exact) mass is 491 g/mol. The lowest BCUT2D eigenvalue weighted by Crippen LogP contribution is -2.21. The number of nitrogens with zero attached hydrogens (tertiary/aromatic N) is 3. The highest BCUT2D eigenvalue weighted by molar-refractivity contribution is 5.83. The summed E-state index contributed by atoms with van der Waals surface area (Å²) in [7, 11) is 4.30. The van der Waals surface area contributed by atoms with E-state index < -0.39 is 0 Å². The third-order valence-electron chi connectivity index (χ3n) is 7.43. The van der Waals surface area contributed by atoms with Crippen LogP contribution in [0.15, 0.2) is 91.0 Å². The standard InChI is InChI=1S/C34H41N3/c1-7-35(5)32-17-11-14-26(23-32)29-20-30(27-15-12-18-33(24-27)36(6)8-2)22-31(21-29)28-16-13-19-34(25-28)37(9-3)10-4/h11-25H,7-10H2,1-6H3. The third-order valence-corrected chi connectivity index (χ3v) is 7.43. The van der Waals surface area contributed by atoms with Crippen molar-refractivity contribution in [2.75, 3.05) is 55.0 Å². The van der Waals surface area contributed by atoms with E-state index in [1.54, 1.807) is 0 Å². The molecule has 0 aliphatic carbocycles. The van der Waals surface area contributed by atoms with Gasteiger partial charge in [0, 0.05) is 57.3 Å². The number of rotatable bonds is 10. The zero-order valence-corrected chi connectivity index (χ0v) is 23.3. The second kappa shape index (κ2) is 12.0. The molecule has 3 nitrogen and oxygen atoms in total. The van der Waals surface area contributed by atoms with E-state index in [0.29, 0.717) is 0 Å². The molecule has 0 spiro atoms. The van der Waals surface area contributed by atoms with Crippen LogP contribution in [0, 0.1) is 0 Å². The van der Waals surface area contributed by atoms with Crippen LogP contribution in [0.5, 0.6) is 0 Å². The Labute approximate surface area is 224 Å². The van der Waals surface area contributed by atoms with E-state index >= 15 is 0 Å². The molecule has 0 fully saturated rings. The van der Waals surface area contributed by atoms with Crippen LogP contribution in [0.1, 0.15) is 27.7 Å². The topological polar surface area (TPSA) is 9.72 Å². The predicted octanol–water partition coefficient (Wildman–Crippen LogP) is 8.45. The van der Waals surface area contributed by atoms with Crippen LogP contribution < -0.4 is 14.7 Å². The summed E-state index contributed by atoms with van der Waals surface area (Å²) in [6.07, 6.45) is 0. The highest BCUT2D eigenvalue weighted by Crippen LogP contribution is 2.36. The Kier molecular flexibility index (Phi) is 8.55. The van der Waals surface area contributed by atoms with Crippen molar-refractivity contribution in [2.45, 2.75) is 27.7 Å². The van der Waals surface area contributed by atoms with Crippen molar-refractivity contribution in [2.24, 2.45) is 0 Å². The van der Waals surface area contributed by atoms with Gasteiger partial charge in [0.05, 0.1) is 0 Å². The fraction of sp³-hybridized carbons (Fsp3) is 0.294. The first-order valence-corrected chi connectivity index (χ1v) is 13.6. The Balaban J connectivity index is 1.89. The summed E-state index contributed by atoms with van der Waals surface area (Å²) >= 11 is 0. The maximum atomic E-state index is 2.41. The summed E-state index contributed by atoms with van der Waals surface area (Å²) in [5, 5.41) is 0. The van der Waals surface area contributed by atoms with Gasteiger partial charge < -0.3 is 14.7 Å². The normalized spacial score (nSPS) is 10.9. The zero-order chi connectivity index (χ0) is 26.4. The van der Waals surface area contributed by atoms with Crippen LogP contribution >= 0.6 is 0 Å². The summed E-state index contributed by atoms with van der Waals surface area (Å²) in [4.78, 5) is 6.97. The Morgan fingerprint density at radius 2 is 0.757 bits per heavy atom. The van der Waals surface area contributed by atoms with Crippen LogP contribution in [0.3, 0.4) is 0 Å². The Bertz CT molecular complexity index is 1250. The van der Waals surface area contributed by atoms with Crippen LogP contribution in [-0.4, -0.2) is 40.3 Å². The summed E-state index contributed by atoms with van der Waals surface area (Å²) < 4.78 is 0. The summed E-state index contributed by atoms with van der Waals surface area (Å²) in [6.45, 7) is 12.8. The van der Waals surface area contributed by atoms with E-state index in [0.717, 1.165) is 26.2 Å². The van der Waals surface area contributed by atoms with Crippen LogP contribution in [0.4, 0.5) is 17.1 Å². The minimum atomic E-state index is 0.977. The first-order valence-electron chi connectivity index (χ1n) is 13.6. The van der Waals surface area contributed by atoms with Gasteiger partial charge in [0.2, 0.25) is 0 Å². The molecule has 0 unspecified atom stereocenters. The van der Waals surface area contributed by atoms with Gasteiger partial charge in [0.25, 0.3) is 0 Å². The van der Waals surface area contributed by atoms with E-state index in [1.165, 1.54) is 50.4 Å². The van der Waals surface area contributed by atoms with Gasteiger partial charge in [0.1, 0.15) is 0 Å². The molecule has 0 heterocycles. The van der Waals surface area contributed by atoms with E-state index in [9.17, 15) is 0 Å². The van der Waals surface area contributed by atoms with Crippen molar-refractivity contribution in [3.8, 4) is 33.4 Å². The third kappa shape index (κ3) is 5.99. The summed E-state index contributed by atoms with van der Waals surface area (Å²) in [6, 6.07) is 33.8. The lowest BCUT2D eigenvalue weighted by molar-refractivity contribution is 0.866. The van der Waals surface area contributed by atoms with Gasteiger partial charge in [-0.05, 0) is 116 Å². The van der Waals surface area contributed by atoms with Gasteiger partial charge in [-0.1, -0.05) is 36.4 Å². The molecule has 0 saturated heterocycles. The van der Waals surface area contributed by atoms with Gasteiger partial charge in [-0.25, -0.2) is 0 Å². The van der Waals surface area contributed by atoms with Crippen LogP contribution in [0.25, 0.3) is 33.4 Å². The van der Waals surface area contributed by atoms with Crippen LogP contribution in [-0.2, 0) is 0 Å². The number of anilines is 3. The van der Waals surface area contributed by atoms with E-state index in [4.69, 9.17) is 0 Å². The van der Waals surface area contributed by atoms with Crippen molar-refractivity contribution in [1.82, 2.24) is 0 Å². The molecule has 0 N–H and O–H groups in total. The molecule has 0 saturated carbocycles. The van der Waals surface area contributed by atoms with E-state index in [1.807, 2.05) is 0 Å². The minimum Gasteiger partial charge on any atom is -0.375 e. The lowest BCUT2D eigenvalue weighted by Gasteiger charge is -2.22. The van der Waals surface area contributed by atoms with Crippen LogP contribution in [0.2, 0.25) is 0 Å². The Morgan fingerprint density at radius 1 is 0.405 bits per heavy atom. The fourth-order valence-corrected chi connectivity index (χ4v) is 4.81. The van der Waals surface area contributed by atoms with Crippen molar-refractivity contribution in [3.05, 3.63) is 91.0 Å². The Morgan fingerprint density at radius 3 is 1.11 bits per heavy atom. The predicted molar refractivity (Wildman–Crippen MR) is 164 cm³/mol. The summed E-state index contributed by atoms with van der Waals surface area (Å²) in [5.41, 5.74) is 11.2. The first-order chi connectivity index (χ1) is 18.0. The molecule has 192 valence electrons. The van der Waals surface area contributed by atoms with Crippen molar-refractivity contribution in [3.63, 3.8) is 0 Å². The highest BCUT2D eigenvalue weighted by atomic mass is 15.1. The molecule has 0 bridgehead atoms. The zero-order valence-electron chi connectivity index (χ0n) is 23.3. The number of benzene rings is 4. The number of hydrogen-bond acceptors (Lipinski definition) is 3. The maximum absolute atomic E-state index is 2.41. The van der Waals surface area contributed by atoms with Gasteiger partial charge >= 0.3 is 0 Å². The molecule has 37 heavy (non-hydrogen) atoms.